The minimum Gasteiger partial charge on any atom is -0.393 e. The molecule has 1 atom stereocenters. The van der Waals surface area contributed by atoms with Crippen molar-refractivity contribution in [2.24, 2.45) is 5.41 Å². The Labute approximate surface area is 102 Å². The monoisotopic (exact) mass is 240 g/mol. The average molecular weight is 240 g/mol. The molecular formula is C12H20N2O3. The molecule has 1 aliphatic heterocycles. The number of hydrogen-bond donors (Lipinski definition) is 1. The molecule has 1 heterocycles. The Hall–Kier alpha value is -1.12. The van der Waals surface area contributed by atoms with Gasteiger partial charge < -0.3 is 14.7 Å². The predicted molar refractivity (Wildman–Crippen MR) is 62.0 cm³/mol. The van der Waals surface area contributed by atoms with Gasteiger partial charge in [-0.25, -0.2) is 0 Å². The number of carbonyl (C=O) groups is 1. The summed E-state index contributed by atoms with van der Waals surface area (Å²) in [6, 6.07) is 2.15. The number of aliphatic hydroxyl groups is 1. The Morgan fingerprint density at radius 3 is 2.65 bits per heavy atom. The van der Waals surface area contributed by atoms with E-state index in [0.29, 0.717) is 39.0 Å². The number of hydrogen-bond acceptors (Lipinski definition) is 4. The van der Waals surface area contributed by atoms with E-state index in [-0.39, 0.29) is 5.91 Å². The molecule has 5 nitrogen and oxygen atoms in total. The van der Waals surface area contributed by atoms with Gasteiger partial charge in [-0.05, 0) is 26.2 Å². The number of carbonyl (C=O) groups excluding carboxylic acids is 1. The van der Waals surface area contributed by atoms with Crippen molar-refractivity contribution >= 4 is 5.91 Å². The van der Waals surface area contributed by atoms with Gasteiger partial charge in [-0.1, -0.05) is 0 Å². The van der Waals surface area contributed by atoms with Crippen molar-refractivity contribution in [3.8, 4) is 6.07 Å². The third-order valence-corrected chi connectivity index (χ3v) is 3.20. The van der Waals surface area contributed by atoms with Gasteiger partial charge in [0, 0.05) is 26.8 Å². The molecule has 0 aromatic rings. The maximum atomic E-state index is 12.2. The fourth-order valence-electron chi connectivity index (χ4n) is 1.94. The van der Waals surface area contributed by atoms with Gasteiger partial charge in [-0.2, -0.15) is 5.26 Å². The number of amides is 1. The summed E-state index contributed by atoms with van der Waals surface area (Å²) >= 11 is 0. The fourth-order valence-corrected chi connectivity index (χ4v) is 1.94. The second kappa shape index (κ2) is 5.99. The first-order valence-corrected chi connectivity index (χ1v) is 5.94. The number of ether oxygens (including phenoxy) is 1. The third kappa shape index (κ3) is 3.42. The maximum absolute atomic E-state index is 12.2. The van der Waals surface area contributed by atoms with Crippen molar-refractivity contribution in [1.29, 1.82) is 5.26 Å². The lowest BCUT2D eigenvalue weighted by Gasteiger charge is -2.33. The van der Waals surface area contributed by atoms with Crippen LogP contribution in [0.5, 0.6) is 0 Å². The van der Waals surface area contributed by atoms with E-state index in [9.17, 15) is 15.2 Å². The van der Waals surface area contributed by atoms with E-state index in [4.69, 9.17) is 4.74 Å². The van der Waals surface area contributed by atoms with Crippen LogP contribution in [-0.4, -0.2) is 48.8 Å². The number of nitriles is 1. The standard InChI is InChI=1S/C12H20N2O3/c1-10(15)3-6-14(2)11(16)12(9-13)4-7-17-8-5-12/h10,15H,3-8H2,1-2H3. The number of rotatable bonds is 4. The van der Waals surface area contributed by atoms with E-state index in [1.807, 2.05) is 0 Å². The molecule has 0 aromatic heterocycles. The first-order valence-electron chi connectivity index (χ1n) is 5.94. The molecule has 0 radical (unpaired) electrons. The highest BCUT2D eigenvalue weighted by Gasteiger charge is 2.42. The van der Waals surface area contributed by atoms with Gasteiger partial charge in [-0.15, -0.1) is 0 Å². The lowest BCUT2D eigenvalue weighted by Crippen LogP contribution is -2.45. The van der Waals surface area contributed by atoms with Gasteiger partial charge in [0.25, 0.3) is 0 Å². The summed E-state index contributed by atoms with van der Waals surface area (Å²) in [4.78, 5) is 13.8. The van der Waals surface area contributed by atoms with Gasteiger partial charge in [0.2, 0.25) is 5.91 Å². The molecule has 5 heteroatoms. The van der Waals surface area contributed by atoms with Crippen molar-refractivity contribution in [2.45, 2.75) is 32.3 Å². The Bertz CT molecular complexity index is 303. The molecular weight excluding hydrogens is 220 g/mol. The fraction of sp³-hybridized carbons (Fsp3) is 0.833. The molecule has 1 saturated heterocycles. The van der Waals surface area contributed by atoms with Crippen LogP contribution in [0.4, 0.5) is 0 Å². The van der Waals surface area contributed by atoms with Crippen molar-refractivity contribution < 1.29 is 14.6 Å². The second-order valence-corrected chi connectivity index (χ2v) is 4.67. The van der Waals surface area contributed by atoms with Crippen molar-refractivity contribution in [3.63, 3.8) is 0 Å². The summed E-state index contributed by atoms with van der Waals surface area (Å²) < 4.78 is 5.19. The minimum absolute atomic E-state index is 0.149. The van der Waals surface area contributed by atoms with Crippen molar-refractivity contribution in [2.75, 3.05) is 26.8 Å². The molecule has 1 aliphatic rings. The van der Waals surface area contributed by atoms with E-state index in [1.165, 1.54) is 0 Å². The minimum atomic E-state index is -0.925. The Morgan fingerprint density at radius 2 is 2.18 bits per heavy atom. The van der Waals surface area contributed by atoms with Crippen LogP contribution in [0.2, 0.25) is 0 Å². The zero-order valence-corrected chi connectivity index (χ0v) is 10.5. The van der Waals surface area contributed by atoms with Gasteiger partial charge in [0.05, 0.1) is 12.2 Å². The highest BCUT2D eigenvalue weighted by atomic mass is 16.5. The normalized spacial score (nSPS) is 20.4. The molecule has 96 valence electrons. The predicted octanol–water partition coefficient (Wildman–Crippen LogP) is 0.536. The van der Waals surface area contributed by atoms with Crippen LogP contribution in [0.3, 0.4) is 0 Å². The molecule has 1 unspecified atom stereocenters. The molecule has 0 bridgehead atoms. The average Bonchev–Trinajstić information content (AvgIpc) is 2.35. The van der Waals surface area contributed by atoms with Crippen LogP contribution in [0.25, 0.3) is 0 Å². The zero-order valence-electron chi connectivity index (χ0n) is 10.5. The summed E-state index contributed by atoms with van der Waals surface area (Å²) in [5.74, 6) is -0.149. The summed E-state index contributed by atoms with van der Waals surface area (Å²) in [6.45, 7) is 3.08. The first kappa shape index (κ1) is 13.9. The number of nitrogens with zero attached hydrogens (tertiary/aromatic N) is 2. The molecule has 17 heavy (non-hydrogen) atoms. The molecule has 0 spiro atoms. The van der Waals surface area contributed by atoms with Crippen molar-refractivity contribution in [1.82, 2.24) is 4.90 Å². The lowest BCUT2D eigenvalue weighted by atomic mass is 9.80. The Kier molecular flexibility index (Phi) is 4.91. The van der Waals surface area contributed by atoms with Crippen LogP contribution in [0.15, 0.2) is 0 Å². The van der Waals surface area contributed by atoms with E-state index < -0.39 is 11.5 Å². The van der Waals surface area contributed by atoms with Gasteiger partial charge in [0.1, 0.15) is 5.41 Å². The van der Waals surface area contributed by atoms with E-state index in [0.717, 1.165) is 0 Å². The highest BCUT2D eigenvalue weighted by Crippen LogP contribution is 2.31. The smallest absolute Gasteiger partial charge is 0.242 e. The lowest BCUT2D eigenvalue weighted by molar-refractivity contribution is -0.142. The van der Waals surface area contributed by atoms with E-state index >= 15 is 0 Å². The summed E-state index contributed by atoms with van der Waals surface area (Å²) in [5, 5.41) is 18.4. The largest absolute Gasteiger partial charge is 0.393 e. The molecule has 0 aliphatic carbocycles. The summed E-state index contributed by atoms with van der Waals surface area (Å²) in [6.07, 6.45) is 1.01. The van der Waals surface area contributed by atoms with Crippen LogP contribution in [0, 0.1) is 16.7 Å². The van der Waals surface area contributed by atoms with E-state index in [1.54, 1.807) is 18.9 Å². The summed E-state index contributed by atoms with van der Waals surface area (Å²) in [5.41, 5.74) is -0.925. The van der Waals surface area contributed by atoms with Crippen LogP contribution in [-0.2, 0) is 9.53 Å². The SMILES string of the molecule is CC(O)CCN(C)C(=O)C1(C#N)CCOCC1. The zero-order chi connectivity index (χ0) is 12.9. The van der Waals surface area contributed by atoms with Crippen LogP contribution >= 0.6 is 0 Å². The van der Waals surface area contributed by atoms with Crippen molar-refractivity contribution in [3.05, 3.63) is 0 Å². The Balaban J connectivity index is 2.62. The van der Waals surface area contributed by atoms with Gasteiger partial charge in [0.15, 0.2) is 0 Å². The molecule has 1 fully saturated rings. The molecule has 1 N–H and O–H groups in total. The van der Waals surface area contributed by atoms with Crippen LogP contribution in [0.1, 0.15) is 26.2 Å². The quantitative estimate of drug-likeness (QED) is 0.778. The second-order valence-electron chi connectivity index (χ2n) is 4.67. The summed E-state index contributed by atoms with van der Waals surface area (Å²) in [7, 11) is 1.68. The third-order valence-electron chi connectivity index (χ3n) is 3.20. The Morgan fingerprint density at radius 1 is 1.59 bits per heavy atom. The molecule has 1 rings (SSSR count). The molecule has 0 aromatic carbocycles. The first-order chi connectivity index (χ1) is 8.02. The molecule has 0 saturated carbocycles. The van der Waals surface area contributed by atoms with E-state index in [2.05, 4.69) is 6.07 Å². The maximum Gasteiger partial charge on any atom is 0.242 e. The number of aliphatic hydroxyl groups excluding tert-OH is 1. The van der Waals surface area contributed by atoms with Crippen LogP contribution < -0.4 is 0 Å². The highest BCUT2D eigenvalue weighted by molar-refractivity contribution is 5.85. The van der Waals surface area contributed by atoms with Gasteiger partial charge >= 0.3 is 0 Å². The van der Waals surface area contributed by atoms with Gasteiger partial charge in [-0.3, -0.25) is 4.79 Å². The topological polar surface area (TPSA) is 73.6 Å². The molecule has 1 amide bonds.